The number of hydrogen-bond acceptors (Lipinski definition) is 4. The molecule has 2 aromatic heterocycles. The lowest BCUT2D eigenvalue weighted by atomic mass is 10.2. The smallest absolute Gasteiger partial charge is 0.258 e. The third-order valence-corrected chi connectivity index (χ3v) is 3.00. The van der Waals surface area contributed by atoms with E-state index in [-0.39, 0.29) is 5.56 Å². The van der Waals surface area contributed by atoms with Crippen LogP contribution >= 0.6 is 15.9 Å². The summed E-state index contributed by atoms with van der Waals surface area (Å²) in [5.41, 5.74) is 7.47. The highest BCUT2D eigenvalue weighted by atomic mass is 79.9. The summed E-state index contributed by atoms with van der Waals surface area (Å²) in [6, 6.07) is 3.34. The number of nitrogens with two attached hydrogens (primary N) is 1. The third-order valence-electron chi connectivity index (χ3n) is 2.59. The van der Waals surface area contributed by atoms with Crippen LogP contribution < -0.4 is 11.3 Å². The van der Waals surface area contributed by atoms with Gasteiger partial charge in [0.1, 0.15) is 0 Å². The van der Waals surface area contributed by atoms with E-state index in [9.17, 15) is 4.79 Å². The average Bonchev–Trinajstić information content (AvgIpc) is 2.76. The summed E-state index contributed by atoms with van der Waals surface area (Å²) in [6.45, 7) is 0. The molecule has 0 aliphatic carbocycles. The molecule has 0 atom stereocenters. The molecular formula is C11H8BrN5O. The molecule has 3 N–H and O–H groups in total. The Kier molecular flexibility index (Phi) is 2.41. The van der Waals surface area contributed by atoms with Crippen LogP contribution in [0.15, 0.2) is 40.1 Å². The number of rotatable bonds is 1. The van der Waals surface area contributed by atoms with Crippen LogP contribution in [-0.2, 0) is 0 Å². The predicted molar refractivity (Wildman–Crippen MR) is 71.6 cm³/mol. The Bertz CT molecular complexity index is 791. The SMILES string of the molecule is Nc1cc2c(=O)[nH]cnc2cc1-n1cc(Br)cn1. The molecule has 0 bridgehead atoms. The lowest BCUT2D eigenvalue weighted by Gasteiger charge is -2.06. The third kappa shape index (κ3) is 1.68. The van der Waals surface area contributed by atoms with Crippen LogP contribution in [0.1, 0.15) is 0 Å². The summed E-state index contributed by atoms with van der Waals surface area (Å²) >= 11 is 3.32. The average molecular weight is 306 g/mol. The zero-order valence-corrected chi connectivity index (χ0v) is 10.7. The molecule has 0 saturated carbocycles. The zero-order valence-electron chi connectivity index (χ0n) is 9.09. The van der Waals surface area contributed by atoms with E-state index in [4.69, 9.17) is 5.73 Å². The summed E-state index contributed by atoms with van der Waals surface area (Å²) in [5, 5.41) is 4.62. The second-order valence-corrected chi connectivity index (χ2v) is 4.68. The van der Waals surface area contributed by atoms with Gasteiger partial charge in [-0.25, -0.2) is 9.67 Å². The topological polar surface area (TPSA) is 89.6 Å². The first-order valence-electron chi connectivity index (χ1n) is 5.12. The predicted octanol–water partition coefficient (Wildman–Crippen LogP) is 1.45. The highest BCUT2D eigenvalue weighted by Crippen LogP contribution is 2.22. The zero-order chi connectivity index (χ0) is 12.7. The van der Waals surface area contributed by atoms with Crippen molar-refractivity contribution >= 4 is 32.5 Å². The maximum absolute atomic E-state index is 11.6. The second kappa shape index (κ2) is 3.95. The number of benzene rings is 1. The fourth-order valence-electron chi connectivity index (χ4n) is 1.75. The van der Waals surface area contributed by atoms with E-state index in [1.165, 1.54) is 6.33 Å². The Labute approximate surface area is 110 Å². The molecule has 3 aromatic rings. The van der Waals surface area contributed by atoms with Gasteiger partial charge in [0.05, 0.1) is 39.3 Å². The Balaban J connectivity index is 2.32. The summed E-state index contributed by atoms with van der Waals surface area (Å²) in [6.07, 6.45) is 4.81. The number of nitrogens with zero attached hydrogens (tertiary/aromatic N) is 3. The summed E-state index contributed by atoms with van der Waals surface area (Å²) < 4.78 is 2.47. The summed E-state index contributed by atoms with van der Waals surface area (Å²) in [4.78, 5) is 18.2. The van der Waals surface area contributed by atoms with Gasteiger partial charge in [-0.05, 0) is 28.1 Å². The van der Waals surface area contributed by atoms with Crippen molar-refractivity contribution in [3.8, 4) is 5.69 Å². The van der Waals surface area contributed by atoms with Crippen molar-refractivity contribution < 1.29 is 0 Å². The van der Waals surface area contributed by atoms with Crippen LogP contribution in [0.5, 0.6) is 0 Å². The number of hydrogen-bond donors (Lipinski definition) is 2. The minimum Gasteiger partial charge on any atom is -0.397 e. The number of H-pyrrole nitrogens is 1. The lowest BCUT2D eigenvalue weighted by molar-refractivity contribution is 0.883. The molecule has 7 heteroatoms. The Morgan fingerprint density at radius 1 is 1.39 bits per heavy atom. The van der Waals surface area contributed by atoms with Gasteiger partial charge in [0.2, 0.25) is 0 Å². The molecule has 0 radical (unpaired) electrons. The molecule has 0 spiro atoms. The molecule has 0 aliphatic rings. The van der Waals surface area contributed by atoms with Gasteiger partial charge in [-0.15, -0.1) is 0 Å². The number of fused-ring (bicyclic) bond motifs is 1. The van der Waals surface area contributed by atoms with E-state index < -0.39 is 0 Å². The molecule has 3 rings (SSSR count). The normalized spacial score (nSPS) is 10.9. The summed E-state index contributed by atoms with van der Waals surface area (Å²) in [7, 11) is 0. The van der Waals surface area contributed by atoms with Crippen molar-refractivity contribution in [3.05, 3.63) is 45.7 Å². The van der Waals surface area contributed by atoms with Gasteiger partial charge in [0, 0.05) is 6.20 Å². The first-order chi connectivity index (χ1) is 8.65. The molecule has 1 aromatic carbocycles. The van der Waals surface area contributed by atoms with Gasteiger partial charge in [0.15, 0.2) is 0 Å². The largest absolute Gasteiger partial charge is 0.397 e. The van der Waals surface area contributed by atoms with E-state index in [1.54, 1.807) is 29.2 Å². The van der Waals surface area contributed by atoms with Crippen molar-refractivity contribution in [2.75, 3.05) is 5.73 Å². The second-order valence-electron chi connectivity index (χ2n) is 3.76. The van der Waals surface area contributed by atoms with Gasteiger partial charge >= 0.3 is 0 Å². The molecule has 0 amide bonds. The number of anilines is 1. The maximum Gasteiger partial charge on any atom is 0.258 e. The maximum atomic E-state index is 11.6. The Morgan fingerprint density at radius 3 is 2.94 bits per heavy atom. The van der Waals surface area contributed by atoms with E-state index in [2.05, 4.69) is 31.0 Å². The van der Waals surface area contributed by atoms with E-state index >= 15 is 0 Å². The molecular weight excluding hydrogens is 298 g/mol. The van der Waals surface area contributed by atoms with Crippen LogP contribution in [0, 0.1) is 0 Å². The number of halogens is 1. The van der Waals surface area contributed by atoms with Gasteiger partial charge in [0.25, 0.3) is 5.56 Å². The Morgan fingerprint density at radius 2 is 2.22 bits per heavy atom. The van der Waals surface area contributed by atoms with Gasteiger partial charge < -0.3 is 10.7 Å². The monoisotopic (exact) mass is 305 g/mol. The van der Waals surface area contributed by atoms with Crippen LogP contribution in [0.2, 0.25) is 0 Å². The minimum atomic E-state index is -0.208. The van der Waals surface area contributed by atoms with Crippen molar-refractivity contribution in [1.29, 1.82) is 0 Å². The van der Waals surface area contributed by atoms with Crippen LogP contribution in [0.3, 0.4) is 0 Å². The number of nitrogens with one attached hydrogen (secondary N) is 1. The van der Waals surface area contributed by atoms with E-state index in [0.29, 0.717) is 22.3 Å². The molecule has 0 unspecified atom stereocenters. The fraction of sp³-hybridized carbons (Fsp3) is 0. The Hall–Kier alpha value is -2.15. The lowest BCUT2D eigenvalue weighted by Crippen LogP contribution is -2.08. The molecule has 18 heavy (non-hydrogen) atoms. The minimum absolute atomic E-state index is 0.208. The van der Waals surface area contributed by atoms with Gasteiger partial charge in [-0.2, -0.15) is 5.10 Å². The van der Waals surface area contributed by atoms with E-state index in [1.807, 2.05) is 0 Å². The number of nitrogen functional groups attached to an aromatic ring is 1. The van der Waals surface area contributed by atoms with Crippen molar-refractivity contribution in [3.63, 3.8) is 0 Å². The molecule has 0 fully saturated rings. The molecule has 2 heterocycles. The standard InChI is InChI=1S/C11H8BrN5O/c12-6-3-16-17(4-6)10-2-9-7(1-8(10)13)11(18)15-5-14-9/h1-5H,13H2,(H,14,15,18). The first kappa shape index (κ1) is 11.0. The highest BCUT2D eigenvalue weighted by Gasteiger charge is 2.08. The fourth-order valence-corrected chi connectivity index (χ4v) is 2.04. The van der Waals surface area contributed by atoms with Crippen LogP contribution in [0.25, 0.3) is 16.6 Å². The molecule has 90 valence electrons. The van der Waals surface area contributed by atoms with E-state index in [0.717, 1.165) is 4.47 Å². The van der Waals surface area contributed by atoms with Crippen molar-refractivity contribution in [2.24, 2.45) is 0 Å². The molecule has 6 nitrogen and oxygen atoms in total. The highest BCUT2D eigenvalue weighted by molar-refractivity contribution is 9.10. The van der Waals surface area contributed by atoms with Gasteiger partial charge in [-0.1, -0.05) is 0 Å². The first-order valence-corrected chi connectivity index (χ1v) is 5.92. The number of aromatic nitrogens is 4. The number of aromatic amines is 1. The quantitative estimate of drug-likeness (QED) is 0.666. The van der Waals surface area contributed by atoms with Crippen LogP contribution in [-0.4, -0.2) is 19.7 Å². The van der Waals surface area contributed by atoms with Crippen molar-refractivity contribution in [1.82, 2.24) is 19.7 Å². The van der Waals surface area contributed by atoms with Crippen molar-refractivity contribution in [2.45, 2.75) is 0 Å². The van der Waals surface area contributed by atoms with Crippen LogP contribution in [0.4, 0.5) is 5.69 Å². The molecule has 0 aliphatic heterocycles. The summed E-state index contributed by atoms with van der Waals surface area (Å²) in [5.74, 6) is 0. The molecule has 0 saturated heterocycles. The van der Waals surface area contributed by atoms with Gasteiger partial charge in [-0.3, -0.25) is 4.79 Å².